The van der Waals surface area contributed by atoms with E-state index in [4.69, 9.17) is 9.47 Å². The number of ether oxygens (including phenoxy) is 2. The number of hydrogen-bond acceptors (Lipinski definition) is 2. The standard InChI is InChI=1S/C18H20O2/c1-12-4-6-14(7-5-12)16-10-13(2)20-18-9-8-15(19-3)11-17(16)18/h4-9,11,13,16H,10H2,1-3H3. The highest BCUT2D eigenvalue weighted by Gasteiger charge is 2.27. The molecule has 0 N–H and O–H groups in total. The summed E-state index contributed by atoms with van der Waals surface area (Å²) < 4.78 is 11.3. The van der Waals surface area contributed by atoms with Gasteiger partial charge in [0.1, 0.15) is 11.5 Å². The van der Waals surface area contributed by atoms with Crippen LogP contribution in [0.5, 0.6) is 11.5 Å². The van der Waals surface area contributed by atoms with E-state index in [1.165, 1.54) is 16.7 Å². The molecule has 0 bridgehead atoms. The maximum Gasteiger partial charge on any atom is 0.123 e. The Morgan fingerprint density at radius 2 is 1.85 bits per heavy atom. The Morgan fingerprint density at radius 3 is 2.55 bits per heavy atom. The van der Waals surface area contributed by atoms with E-state index in [2.05, 4.69) is 44.2 Å². The van der Waals surface area contributed by atoms with Gasteiger partial charge in [-0.25, -0.2) is 0 Å². The molecule has 0 aliphatic carbocycles. The highest BCUT2D eigenvalue weighted by molar-refractivity contribution is 5.48. The lowest BCUT2D eigenvalue weighted by Crippen LogP contribution is -2.23. The summed E-state index contributed by atoms with van der Waals surface area (Å²) in [6.07, 6.45) is 1.24. The molecular formula is C18H20O2. The Hall–Kier alpha value is -1.96. The predicted molar refractivity (Wildman–Crippen MR) is 80.7 cm³/mol. The van der Waals surface area contributed by atoms with Crippen molar-refractivity contribution in [2.24, 2.45) is 0 Å². The number of fused-ring (bicyclic) bond motifs is 1. The van der Waals surface area contributed by atoms with Crippen molar-refractivity contribution in [2.75, 3.05) is 7.11 Å². The SMILES string of the molecule is COc1ccc2c(c1)C(c1ccc(C)cc1)CC(C)O2. The second-order valence-electron chi connectivity index (χ2n) is 5.53. The molecule has 20 heavy (non-hydrogen) atoms. The molecule has 3 rings (SSSR count). The van der Waals surface area contributed by atoms with Crippen LogP contribution >= 0.6 is 0 Å². The Labute approximate surface area is 120 Å². The third-order valence-electron chi connectivity index (χ3n) is 3.97. The molecule has 0 saturated heterocycles. The summed E-state index contributed by atoms with van der Waals surface area (Å²) in [4.78, 5) is 0. The van der Waals surface area contributed by atoms with E-state index in [-0.39, 0.29) is 6.10 Å². The van der Waals surface area contributed by atoms with Crippen LogP contribution in [-0.4, -0.2) is 13.2 Å². The topological polar surface area (TPSA) is 18.5 Å². The van der Waals surface area contributed by atoms with Gasteiger partial charge in [0.25, 0.3) is 0 Å². The van der Waals surface area contributed by atoms with Crippen LogP contribution in [-0.2, 0) is 0 Å². The quantitative estimate of drug-likeness (QED) is 0.808. The molecule has 2 heteroatoms. The number of hydrogen-bond donors (Lipinski definition) is 0. The maximum atomic E-state index is 5.95. The minimum absolute atomic E-state index is 0.238. The number of aryl methyl sites for hydroxylation is 1. The summed E-state index contributed by atoms with van der Waals surface area (Å²) in [5.41, 5.74) is 3.87. The van der Waals surface area contributed by atoms with E-state index < -0.39 is 0 Å². The van der Waals surface area contributed by atoms with E-state index in [1.54, 1.807) is 7.11 Å². The third kappa shape index (κ3) is 2.38. The zero-order valence-corrected chi connectivity index (χ0v) is 12.2. The van der Waals surface area contributed by atoms with E-state index in [1.807, 2.05) is 12.1 Å². The number of methoxy groups -OCH3 is 1. The van der Waals surface area contributed by atoms with Crippen LogP contribution in [0.15, 0.2) is 42.5 Å². The Morgan fingerprint density at radius 1 is 1.10 bits per heavy atom. The molecule has 0 radical (unpaired) electrons. The molecule has 2 aromatic rings. The van der Waals surface area contributed by atoms with Gasteiger partial charge in [-0.2, -0.15) is 0 Å². The van der Waals surface area contributed by atoms with Crippen LogP contribution in [0.1, 0.15) is 36.0 Å². The van der Waals surface area contributed by atoms with Crippen LogP contribution in [0, 0.1) is 6.92 Å². The van der Waals surface area contributed by atoms with Crippen LogP contribution in [0.2, 0.25) is 0 Å². The van der Waals surface area contributed by atoms with Crippen molar-refractivity contribution in [1.82, 2.24) is 0 Å². The lowest BCUT2D eigenvalue weighted by atomic mass is 9.84. The van der Waals surface area contributed by atoms with Gasteiger partial charge in [0.05, 0.1) is 13.2 Å². The Kier molecular flexibility index (Phi) is 3.39. The zero-order chi connectivity index (χ0) is 14.1. The average molecular weight is 268 g/mol. The van der Waals surface area contributed by atoms with Crippen molar-refractivity contribution < 1.29 is 9.47 Å². The van der Waals surface area contributed by atoms with Crippen molar-refractivity contribution >= 4 is 0 Å². The molecule has 1 aliphatic rings. The molecule has 0 spiro atoms. The summed E-state index contributed by atoms with van der Waals surface area (Å²) in [7, 11) is 1.70. The fourth-order valence-corrected chi connectivity index (χ4v) is 2.87. The molecule has 1 heterocycles. The first-order valence-electron chi connectivity index (χ1n) is 7.08. The molecule has 2 atom stereocenters. The van der Waals surface area contributed by atoms with Crippen LogP contribution in [0.25, 0.3) is 0 Å². The lowest BCUT2D eigenvalue weighted by Gasteiger charge is -2.31. The molecule has 0 amide bonds. The first-order valence-corrected chi connectivity index (χ1v) is 7.08. The fourth-order valence-electron chi connectivity index (χ4n) is 2.87. The van der Waals surface area contributed by atoms with Gasteiger partial charge in [-0.15, -0.1) is 0 Å². The smallest absolute Gasteiger partial charge is 0.123 e. The van der Waals surface area contributed by atoms with Crippen LogP contribution in [0.3, 0.4) is 0 Å². The average Bonchev–Trinajstić information content (AvgIpc) is 2.47. The normalized spacial score (nSPS) is 20.9. The molecule has 0 fully saturated rings. The van der Waals surface area contributed by atoms with Crippen LogP contribution in [0.4, 0.5) is 0 Å². The van der Waals surface area contributed by atoms with E-state index >= 15 is 0 Å². The molecular weight excluding hydrogens is 248 g/mol. The predicted octanol–water partition coefficient (Wildman–Crippen LogP) is 4.31. The molecule has 104 valence electrons. The largest absolute Gasteiger partial charge is 0.497 e. The van der Waals surface area contributed by atoms with Crippen molar-refractivity contribution in [2.45, 2.75) is 32.3 Å². The van der Waals surface area contributed by atoms with Crippen LogP contribution < -0.4 is 9.47 Å². The van der Waals surface area contributed by atoms with Gasteiger partial charge in [0.15, 0.2) is 0 Å². The summed E-state index contributed by atoms with van der Waals surface area (Å²) in [6, 6.07) is 14.9. The minimum Gasteiger partial charge on any atom is -0.497 e. The monoisotopic (exact) mass is 268 g/mol. The van der Waals surface area contributed by atoms with Gasteiger partial charge in [0, 0.05) is 11.5 Å². The van der Waals surface area contributed by atoms with Gasteiger partial charge in [-0.3, -0.25) is 0 Å². The highest BCUT2D eigenvalue weighted by Crippen LogP contribution is 2.41. The molecule has 2 aromatic carbocycles. The van der Waals surface area contributed by atoms with Crippen molar-refractivity contribution in [3.05, 3.63) is 59.2 Å². The number of benzene rings is 2. The summed E-state index contributed by atoms with van der Waals surface area (Å²) in [5.74, 6) is 2.25. The second-order valence-corrected chi connectivity index (χ2v) is 5.53. The minimum atomic E-state index is 0.238. The summed E-state index contributed by atoms with van der Waals surface area (Å²) >= 11 is 0. The van der Waals surface area contributed by atoms with E-state index in [0.29, 0.717) is 5.92 Å². The fraction of sp³-hybridized carbons (Fsp3) is 0.333. The molecule has 2 nitrogen and oxygen atoms in total. The molecule has 0 saturated carbocycles. The molecule has 0 aromatic heterocycles. The summed E-state index contributed by atoms with van der Waals surface area (Å²) in [5, 5.41) is 0. The Bertz CT molecular complexity index is 601. The Balaban J connectivity index is 2.06. The van der Waals surface area contributed by atoms with E-state index in [9.17, 15) is 0 Å². The van der Waals surface area contributed by atoms with Crippen molar-refractivity contribution in [1.29, 1.82) is 0 Å². The van der Waals surface area contributed by atoms with Crippen molar-refractivity contribution in [3.8, 4) is 11.5 Å². The maximum absolute atomic E-state index is 5.95. The van der Waals surface area contributed by atoms with Gasteiger partial charge in [0.2, 0.25) is 0 Å². The van der Waals surface area contributed by atoms with Gasteiger partial charge < -0.3 is 9.47 Å². The van der Waals surface area contributed by atoms with E-state index in [0.717, 1.165) is 17.9 Å². The second kappa shape index (κ2) is 5.20. The van der Waals surface area contributed by atoms with Crippen molar-refractivity contribution in [3.63, 3.8) is 0 Å². The highest BCUT2D eigenvalue weighted by atomic mass is 16.5. The van der Waals surface area contributed by atoms with Gasteiger partial charge >= 0.3 is 0 Å². The first-order chi connectivity index (χ1) is 9.67. The third-order valence-corrected chi connectivity index (χ3v) is 3.97. The lowest BCUT2D eigenvalue weighted by molar-refractivity contribution is 0.183. The van der Waals surface area contributed by atoms with Gasteiger partial charge in [-0.1, -0.05) is 29.8 Å². The summed E-state index contributed by atoms with van der Waals surface area (Å²) in [6.45, 7) is 4.25. The molecule has 2 unspecified atom stereocenters. The van der Waals surface area contributed by atoms with Gasteiger partial charge in [-0.05, 0) is 44.0 Å². The zero-order valence-electron chi connectivity index (χ0n) is 12.2. The first kappa shape index (κ1) is 13.0. The molecule has 1 aliphatic heterocycles. The number of rotatable bonds is 2.